The number of rotatable bonds is 12. The molecular weight excluding hydrogens is 342 g/mol. The fraction of sp³-hybridized carbons (Fsp3) is 0.571. The standard InChI is InChI=1S/C21H33N3O3/c1-4-7-13-22-19(25)16-11-10-12-17(20(26)23-14-8-5-2)18(16)21(27)24-15-9-6-3/h10-12H,4-9,13-15H2,1-3H3,(H,22,25)(H,23,26)(H,24,27). The van der Waals surface area contributed by atoms with E-state index in [0.29, 0.717) is 19.6 Å². The highest BCUT2D eigenvalue weighted by molar-refractivity contribution is 6.14. The Bertz CT molecular complexity index is 589. The van der Waals surface area contributed by atoms with E-state index in [9.17, 15) is 14.4 Å². The minimum Gasteiger partial charge on any atom is -0.352 e. The van der Waals surface area contributed by atoms with Crippen LogP contribution in [0.5, 0.6) is 0 Å². The Kier molecular flexibility index (Phi) is 10.8. The number of carbonyl (C=O) groups excluding carboxylic acids is 3. The lowest BCUT2D eigenvalue weighted by Gasteiger charge is -2.15. The summed E-state index contributed by atoms with van der Waals surface area (Å²) in [6.45, 7) is 7.71. The zero-order chi connectivity index (χ0) is 20.1. The zero-order valence-corrected chi connectivity index (χ0v) is 16.8. The number of nitrogens with one attached hydrogen (secondary N) is 3. The van der Waals surface area contributed by atoms with Crippen LogP contribution in [0, 0.1) is 0 Å². The molecule has 1 aromatic rings. The first-order valence-corrected chi connectivity index (χ1v) is 10.0. The third-order valence-corrected chi connectivity index (χ3v) is 4.23. The summed E-state index contributed by atoms with van der Waals surface area (Å²) < 4.78 is 0. The Hall–Kier alpha value is -2.37. The van der Waals surface area contributed by atoms with Gasteiger partial charge in [0.2, 0.25) is 0 Å². The van der Waals surface area contributed by atoms with Crippen LogP contribution in [0.2, 0.25) is 0 Å². The number of amides is 3. The molecule has 1 aromatic carbocycles. The summed E-state index contributed by atoms with van der Waals surface area (Å²) >= 11 is 0. The van der Waals surface area contributed by atoms with Crippen LogP contribution in [0.1, 0.15) is 90.4 Å². The lowest BCUT2D eigenvalue weighted by Crippen LogP contribution is -2.34. The molecule has 0 bridgehead atoms. The quantitative estimate of drug-likeness (QED) is 0.490. The van der Waals surface area contributed by atoms with Crippen LogP contribution in [0.3, 0.4) is 0 Å². The number of hydrogen-bond acceptors (Lipinski definition) is 3. The molecule has 0 aromatic heterocycles. The summed E-state index contributed by atoms with van der Waals surface area (Å²) in [5, 5.41) is 8.49. The summed E-state index contributed by atoms with van der Waals surface area (Å²) in [4.78, 5) is 37.9. The summed E-state index contributed by atoms with van der Waals surface area (Å²) in [7, 11) is 0. The molecule has 150 valence electrons. The highest BCUT2D eigenvalue weighted by Gasteiger charge is 2.23. The van der Waals surface area contributed by atoms with E-state index in [1.165, 1.54) is 0 Å². The molecule has 0 spiro atoms. The highest BCUT2D eigenvalue weighted by Crippen LogP contribution is 2.16. The minimum atomic E-state index is -0.384. The third kappa shape index (κ3) is 7.41. The van der Waals surface area contributed by atoms with Crippen molar-refractivity contribution in [3.63, 3.8) is 0 Å². The molecule has 0 radical (unpaired) electrons. The Labute approximate surface area is 162 Å². The fourth-order valence-electron chi connectivity index (χ4n) is 2.59. The molecule has 6 heteroatoms. The van der Waals surface area contributed by atoms with E-state index in [1.54, 1.807) is 18.2 Å². The van der Waals surface area contributed by atoms with Crippen LogP contribution in [-0.2, 0) is 0 Å². The lowest BCUT2D eigenvalue weighted by atomic mass is 9.98. The van der Waals surface area contributed by atoms with Crippen molar-refractivity contribution in [3.05, 3.63) is 34.9 Å². The van der Waals surface area contributed by atoms with Gasteiger partial charge in [0.05, 0.1) is 16.7 Å². The number of carbonyl (C=O) groups is 3. The van der Waals surface area contributed by atoms with Gasteiger partial charge in [-0.1, -0.05) is 46.1 Å². The average Bonchev–Trinajstić information content (AvgIpc) is 2.67. The monoisotopic (exact) mass is 375 g/mol. The van der Waals surface area contributed by atoms with E-state index in [2.05, 4.69) is 16.0 Å². The molecule has 27 heavy (non-hydrogen) atoms. The zero-order valence-electron chi connectivity index (χ0n) is 16.8. The SMILES string of the molecule is CCCCNC(=O)c1cccc(C(=O)NCCCC)c1C(=O)NCCCC. The maximum atomic E-state index is 12.8. The van der Waals surface area contributed by atoms with Gasteiger partial charge in [0.25, 0.3) is 17.7 Å². The molecule has 0 aliphatic rings. The van der Waals surface area contributed by atoms with E-state index in [1.807, 2.05) is 20.8 Å². The molecule has 0 saturated carbocycles. The molecule has 3 N–H and O–H groups in total. The summed E-state index contributed by atoms with van der Waals surface area (Å²) in [5.41, 5.74) is 0.628. The number of hydrogen-bond donors (Lipinski definition) is 3. The second kappa shape index (κ2) is 12.9. The molecule has 0 aliphatic heterocycles. The predicted molar refractivity (Wildman–Crippen MR) is 108 cm³/mol. The largest absolute Gasteiger partial charge is 0.352 e. The van der Waals surface area contributed by atoms with Gasteiger partial charge in [-0.05, 0) is 31.4 Å². The van der Waals surface area contributed by atoms with E-state index in [4.69, 9.17) is 0 Å². The number of benzene rings is 1. The van der Waals surface area contributed by atoms with Crippen molar-refractivity contribution < 1.29 is 14.4 Å². The van der Waals surface area contributed by atoms with Crippen LogP contribution in [0.25, 0.3) is 0 Å². The maximum absolute atomic E-state index is 12.8. The van der Waals surface area contributed by atoms with E-state index < -0.39 is 0 Å². The van der Waals surface area contributed by atoms with Gasteiger partial charge in [0, 0.05) is 19.6 Å². The first kappa shape index (κ1) is 22.7. The van der Waals surface area contributed by atoms with E-state index in [-0.39, 0.29) is 34.4 Å². The molecule has 0 saturated heterocycles. The van der Waals surface area contributed by atoms with Crippen molar-refractivity contribution in [2.24, 2.45) is 0 Å². The van der Waals surface area contributed by atoms with Crippen molar-refractivity contribution in [3.8, 4) is 0 Å². The fourth-order valence-corrected chi connectivity index (χ4v) is 2.59. The topological polar surface area (TPSA) is 87.3 Å². The van der Waals surface area contributed by atoms with Gasteiger partial charge < -0.3 is 16.0 Å². The Morgan fingerprint density at radius 2 is 1.04 bits per heavy atom. The first-order chi connectivity index (χ1) is 13.1. The van der Waals surface area contributed by atoms with Crippen molar-refractivity contribution in [1.82, 2.24) is 16.0 Å². The number of unbranched alkanes of at least 4 members (excludes halogenated alkanes) is 3. The Morgan fingerprint density at radius 3 is 1.41 bits per heavy atom. The van der Waals surface area contributed by atoms with Crippen LogP contribution < -0.4 is 16.0 Å². The molecule has 0 unspecified atom stereocenters. The maximum Gasteiger partial charge on any atom is 0.252 e. The smallest absolute Gasteiger partial charge is 0.252 e. The first-order valence-electron chi connectivity index (χ1n) is 10.0. The van der Waals surface area contributed by atoms with Gasteiger partial charge >= 0.3 is 0 Å². The molecule has 3 amide bonds. The normalized spacial score (nSPS) is 10.3. The molecule has 0 heterocycles. The second-order valence-electron chi connectivity index (χ2n) is 6.56. The Balaban J connectivity index is 3.12. The van der Waals surface area contributed by atoms with Gasteiger partial charge in [0.15, 0.2) is 0 Å². The predicted octanol–water partition coefficient (Wildman–Crippen LogP) is 3.28. The molecule has 0 fully saturated rings. The minimum absolute atomic E-state index is 0.150. The highest BCUT2D eigenvalue weighted by atomic mass is 16.2. The van der Waals surface area contributed by atoms with Gasteiger partial charge in [-0.2, -0.15) is 0 Å². The summed E-state index contributed by atoms with van der Waals surface area (Å²) in [6, 6.07) is 4.84. The third-order valence-electron chi connectivity index (χ3n) is 4.23. The van der Waals surface area contributed by atoms with Crippen molar-refractivity contribution in [2.75, 3.05) is 19.6 Å². The van der Waals surface area contributed by atoms with Crippen LogP contribution >= 0.6 is 0 Å². The van der Waals surface area contributed by atoms with Crippen LogP contribution in [-0.4, -0.2) is 37.4 Å². The van der Waals surface area contributed by atoms with Crippen molar-refractivity contribution in [1.29, 1.82) is 0 Å². The molecule has 0 atom stereocenters. The molecule has 6 nitrogen and oxygen atoms in total. The average molecular weight is 376 g/mol. The summed E-state index contributed by atoms with van der Waals surface area (Å²) in [6.07, 6.45) is 5.44. The van der Waals surface area contributed by atoms with Crippen LogP contribution in [0.15, 0.2) is 18.2 Å². The van der Waals surface area contributed by atoms with Crippen molar-refractivity contribution >= 4 is 17.7 Å². The second-order valence-corrected chi connectivity index (χ2v) is 6.56. The Morgan fingerprint density at radius 1 is 0.667 bits per heavy atom. The van der Waals surface area contributed by atoms with Gasteiger partial charge in [0.1, 0.15) is 0 Å². The van der Waals surface area contributed by atoms with E-state index >= 15 is 0 Å². The molecule has 0 aliphatic carbocycles. The molecular formula is C21H33N3O3. The molecule has 1 rings (SSSR count). The van der Waals surface area contributed by atoms with Crippen molar-refractivity contribution in [2.45, 2.75) is 59.3 Å². The van der Waals surface area contributed by atoms with Crippen LogP contribution in [0.4, 0.5) is 0 Å². The lowest BCUT2D eigenvalue weighted by molar-refractivity contribution is 0.0905. The van der Waals surface area contributed by atoms with E-state index in [0.717, 1.165) is 38.5 Å². The van der Waals surface area contributed by atoms with Gasteiger partial charge in [-0.25, -0.2) is 0 Å². The summed E-state index contributed by atoms with van der Waals surface area (Å²) in [5.74, 6) is -1.04. The van der Waals surface area contributed by atoms with Gasteiger partial charge in [-0.3, -0.25) is 14.4 Å². The van der Waals surface area contributed by atoms with Gasteiger partial charge in [-0.15, -0.1) is 0 Å².